The first-order valence-corrected chi connectivity index (χ1v) is 6.79. The van der Waals surface area contributed by atoms with Gasteiger partial charge in [0.05, 0.1) is 6.54 Å². The Hall–Kier alpha value is -0.390. The Morgan fingerprint density at radius 1 is 1.33 bits per heavy atom. The lowest BCUT2D eigenvalue weighted by molar-refractivity contribution is 1.10. The zero-order valence-corrected chi connectivity index (χ0v) is 11.7. The summed E-state index contributed by atoms with van der Waals surface area (Å²) < 4.78 is 2.12. The van der Waals surface area contributed by atoms with Gasteiger partial charge >= 0.3 is 0 Å². The van der Waals surface area contributed by atoms with Crippen LogP contribution >= 0.6 is 43.2 Å². The minimum Gasteiger partial charge on any atom is -0.378 e. The molecule has 1 aromatic carbocycles. The van der Waals surface area contributed by atoms with Gasteiger partial charge in [0, 0.05) is 26.2 Å². The first-order chi connectivity index (χ1) is 7.25. The molecule has 2 nitrogen and oxygen atoms in total. The van der Waals surface area contributed by atoms with Gasteiger partial charge in [0.15, 0.2) is 0 Å². The highest BCUT2D eigenvalue weighted by molar-refractivity contribution is 9.11. The van der Waals surface area contributed by atoms with Crippen LogP contribution in [-0.4, -0.2) is 4.98 Å². The van der Waals surface area contributed by atoms with Crippen LogP contribution in [0, 0.1) is 0 Å². The van der Waals surface area contributed by atoms with Gasteiger partial charge in [0.1, 0.15) is 5.01 Å². The molecular weight excluding hydrogens is 340 g/mol. The van der Waals surface area contributed by atoms with Crippen molar-refractivity contribution in [2.75, 3.05) is 5.32 Å². The van der Waals surface area contributed by atoms with Gasteiger partial charge in [-0.2, -0.15) is 0 Å². The highest BCUT2D eigenvalue weighted by Gasteiger charge is 2.01. The van der Waals surface area contributed by atoms with Gasteiger partial charge in [-0.25, -0.2) is 4.98 Å². The van der Waals surface area contributed by atoms with E-state index >= 15 is 0 Å². The average molecular weight is 348 g/mol. The fourth-order valence-electron chi connectivity index (χ4n) is 1.14. The molecule has 1 heterocycles. The first-order valence-electron chi connectivity index (χ1n) is 4.33. The Morgan fingerprint density at radius 3 is 2.93 bits per heavy atom. The highest BCUT2D eigenvalue weighted by atomic mass is 79.9. The zero-order chi connectivity index (χ0) is 10.7. The molecule has 0 aliphatic rings. The molecule has 1 aromatic heterocycles. The number of hydrogen-bond acceptors (Lipinski definition) is 3. The van der Waals surface area contributed by atoms with Crippen molar-refractivity contribution in [2.45, 2.75) is 6.54 Å². The molecule has 0 saturated heterocycles. The van der Waals surface area contributed by atoms with Gasteiger partial charge < -0.3 is 5.32 Å². The molecule has 15 heavy (non-hydrogen) atoms. The van der Waals surface area contributed by atoms with Crippen molar-refractivity contribution in [3.63, 3.8) is 0 Å². The van der Waals surface area contributed by atoms with Crippen LogP contribution < -0.4 is 5.32 Å². The second-order valence-electron chi connectivity index (χ2n) is 2.90. The number of nitrogens with one attached hydrogen (secondary N) is 1. The van der Waals surface area contributed by atoms with Crippen LogP contribution in [0.15, 0.2) is 38.7 Å². The highest BCUT2D eigenvalue weighted by Crippen LogP contribution is 2.26. The lowest BCUT2D eigenvalue weighted by Gasteiger charge is -2.07. The third kappa shape index (κ3) is 3.03. The molecule has 5 heteroatoms. The number of nitrogens with zero attached hydrogens (tertiary/aromatic N) is 1. The Labute approximate surface area is 109 Å². The van der Waals surface area contributed by atoms with E-state index in [0.717, 1.165) is 26.2 Å². The van der Waals surface area contributed by atoms with E-state index in [1.807, 2.05) is 29.8 Å². The Balaban J connectivity index is 2.07. The summed E-state index contributed by atoms with van der Waals surface area (Å²) in [5.74, 6) is 0. The van der Waals surface area contributed by atoms with E-state index in [1.54, 1.807) is 11.3 Å². The molecule has 0 aliphatic heterocycles. The molecule has 1 N–H and O–H groups in total. The molecule has 0 bridgehead atoms. The monoisotopic (exact) mass is 346 g/mol. The zero-order valence-electron chi connectivity index (χ0n) is 7.71. The van der Waals surface area contributed by atoms with E-state index < -0.39 is 0 Å². The second kappa shape index (κ2) is 5.09. The van der Waals surface area contributed by atoms with Gasteiger partial charge in [-0.3, -0.25) is 0 Å². The van der Waals surface area contributed by atoms with E-state index in [-0.39, 0.29) is 0 Å². The van der Waals surface area contributed by atoms with Crippen LogP contribution in [0.1, 0.15) is 5.01 Å². The topological polar surface area (TPSA) is 24.9 Å². The third-order valence-corrected chi connectivity index (χ3v) is 3.81. The van der Waals surface area contributed by atoms with Crippen LogP contribution in [-0.2, 0) is 6.54 Å². The van der Waals surface area contributed by atoms with E-state index in [1.165, 1.54) is 0 Å². The van der Waals surface area contributed by atoms with Crippen molar-refractivity contribution in [1.29, 1.82) is 0 Å². The summed E-state index contributed by atoms with van der Waals surface area (Å²) in [5.41, 5.74) is 1.07. The quantitative estimate of drug-likeness (QED) is 0.896. The summed E-state index contributed by atoms with van der Waals surface area (Å²) in [4.78, 5) is 4.21. The summed E-state index contributed by atoms with van der Waals surface area (Å²) in [5, 5.41) is 6.39. The largest absolute Gasteiger partial charge is 0.378 e. The summed E-state index contributed by atoms with van der Waals surface area (Å²) in [6.07, 6.45) is 1.82. The van der Waals surface area contributed by atoms with Gasteiger partial charge in [-0.05, 0) is 34.1 Å². The molecule has 0 aliphatic carbocycles. The smallest absolute Gasteiger partial charge is 0.112 e. The van der Waals surface area contributed by atoms with Crippen molar-refractivity contribution in [1.82, 2.24) is 4.98 Å². The van der Waals surface area contributed by atoms with E-state index in [0.29, 0.717) is 0 Å². The van der Waals surface area contributed by atoms with Crippen molar-refractivity contribution >= 4 is 48.9 Å². The van der Waals surface area contributed by atoms with Crippen molar-refractivity contribution in [2.24, 2.45) is 0 Å². The van der Waals surface area contributed by atoms with E-state index in [4.69, 9.17) is 0 Å². The average Bonchev–Trinajstić information content (AvgIpc) is 2.72. The fourth-order valence-corrected chi connectivity index (χ4v) is 2.45. The number of aromatic nitrogens is 1. The maximum atomic E-state index is 4.21. The number of hydrogen-bond donors (Lipinski definition) is 1. The Bertz CT molecular complexity index is 443. The minimum absolute atomic E-state index is 0.757. The number of rotatable bonds is 3. The molecule has 78 valence electrons. The van der Waals surface area contributed by atoms with E-state index in [9.17, 15) is 0 Å². The standard InChI is InChI=1S/C10H8Br2N2S/c11-7-1-2-8(12)9(5-7)14-6-10-13-3-4-15-10/h1-5,14H,6H2. The van der Waals surface area contributed by atoms with Crippen molar-refractivity contribution in [3.05, 3.63) is 43.7 Å². The lowest BCUT2D eigenvalue weighted by Crippen LogP contribution is -1.99. The molecule has 0 spiro atoms. The Kier molecular flexibility index (Phi) is 3.77. The number of thiazole rings is 1. The number of benzene rings is 1. The van der Waals surface area contributed by atoms with Gasteiger partial charge in [-0.15, -0.1) is 11.3 Å². The number of halogens is 2. The first kappa shape index (κ1) is 11.1. The van der Waals surface area contributed by atoms with Crippen LogP contribution in [0.4, 0.5) is 5.69 Å². The fraction of sp³-hybridized carbons (Fsp3) is 0.100. The summed E-state index contributed by atoms with van der Waals surface area (Å²) in [6.45, 7) is 0.757. The predicted octanol–water partition coefficient (Wildman–Crippen LogP) is 4.28. The normalized spacial score (nSPS) is 10.3. The van der Waals surface area contributed by atoms with Crippen LogP contribution in [0.3, 0.4) is 0 Å². The van der Waals surface area contributed by atoms with Crippen molar-refractivity contribution < 1.29 is 0 Å². The lowest BCUT2D eigenvalue weighted by atomic mass is 10.3. The molecule has 0 atom stereocenters. The Morgan fingerprint density at radius 2 is 2.20 bits per heavy atom. The van der Waals surface area contributed by atoms with E-state index in [2.05, 4.69) is 42.2 Å². The molecule has 0 radical (unpaired) electrons. The molecular formula is C10H8Br2N2S. The third-order valence-electron chi connectivity index (χ3n) is 1.84. The van der Waals surface area contributed by atoms with Crippen LogP contribution in [0.5, 0.6) is 0 Å². The van der Waals surface area contributed by atoms with Crippen LogP contribution in [0.25, 0.3) is 0 Å². The van der Waals surface area contributed by atoms with Gasteiger partial charge in [0.2, 0.25) is 0 Å². The SMILES string of the molecule is Brc1ccc(Br)c(NCc2nccs2)c1. The molecule has 0 saturated carbocycles. The maximum absolute atomic E-state index is 4.21. The summed E-state index contributed by atoms with van der Waals surface area (Å²) >= 11 is 8.59. The molecule has 2 aromatic rings. The minimum atomic E-state index is 0.757. The predicted molar refractivity (Wildman–Crippen MR) is 71.3 cm³/mol. The number of anilines is 1. The van der Waals surface area contributed by atoms with Gasteiger partial charge in [-0.1, -0.05) is 15.9 Å². The molecule has 2 rings (SSSR count). The van der Waals surface area contributed by atoms with Crippen molar-refractivity contribution in [3.8, 4) is 0 Å². The summed E-state index contributed by atoms with van der Waals surface area (Å²) in [7, 11) is 0. The second-order valence-corrected chi connectivity index (χ2v) is 5.65. The van der Waals surface area contributed by atoms with Crippen LogP contribution in [0.2, 0.25) is 0 Å². The molecule has 0 unspecified atom stereocenters. The maximum Gasteiger partial charge on any atom is 0.112 e. The summed E-state index contributed by atoms with van der Waals surface area (Å²) in [6, 6.07) is 6.05. The van der Waals surface area contributed by atoms with Gasteiger partial charge in [0.25, 0.3) is 0 Å². The molecule has 0 fully saturated rings. The molecule has 0 amide bonds.